The third-order valence-electron chi connectivity index (χ3n) is 4.52. The van der Waals surface area contributed by atoms with E-state index in [1.807, 2.05) is 4.90 Å². The van der Waals surface area contributed by atoms with Gasteiger partial charge in [0.1, 0.15) is 0 Å². The highest BCUT2D eigenvalue weighted by Gasteiger charge is 2.33. The molecule has 1 aliphatic carbocycles. The van der Waals surface area contributed by atoms with Gasteiger partial charge in [0.05, 0.1) is 0 Å². The zero-order valence-electron chi connectivity index (χ0n) is 11.9. The van der Waals surface area contributed by atoms with E-state index >= 15 is 0 Å². The van der Waals surface area contributed by atoms with Crippen LogP contribution in [0.3, 0.4) is 0 Å². The standard InChI is InChI=1S/C14H22N4O.ClH/c1-9-5-6-18(10(7-9)8-15)14(19)13-11-3-2-4-12(11)16-17-13;/h9-10H,2-8,15H2,1H3,(H,16,17);1H. The molecular formula is C14H23ClN4O. The van der Waals surface area contributed by atoms with Crippen molar-refractivity contribution in [2.75, 3.05) is 13.1 Å². The summed E-state index contributed by atoms with van der Waals surface area (Å²) in [6.45, 7) is 3.59. The summed E-state index contributed by atoms with van der Waals surface area (Å²) < 4.78 is 0. The highest BCUT2D eigenvalue weighted by Crippen LogP contribution is 2.27. The van der Waals surface area contributed by atoms with Gasteiger partial charge in [-0.3, -0.25) is 9.89 Å². The number of rotatable bonds is 2. The van der Waals surface area contributed by atoms with Gasteiger partial charge in [0, 0.05) is 30.4 Å². The van der Waals surface area contributed by atoms with E-state index in [-0.39, 0.29) is 24.4 Å². The fraction of sp³-hybridized carbons (Fsp3) is 0.714. The van der Waals surface area contributed by atoms with Crippen LogP contribution in [0.5, 0.6) is 0 Å². The van der Waals surface area contributed by atoms with Gasteiger partial charge in [0.15, 0.2) is 5.69 Å². The molecule has 1 saturated heterocycles. The first-order valence-electron chi connectivity index (χ1n) is 7.28. The van der Waals surface area contributed by atoms with Crippen molar-refractivity contribution in [1.29, 1.82) is 0 Å². The van der Waals surface area contributed by atoms with Crippen LogP contribution in [-0.2, 0) is 12.8 Å². The van der Waals surface area contributed by atoms with Gasteiger partial charge in [-0.25, -0.2) is 0 Å². The van der Waals surface area contributed by atoms with E-state index in [9.17, 15) is 4.79 Å². The van der Waals surface area contributed by atoms with E-state index < -0.39 is 0 Å². The van der Waals surface area contributed by atoms with Gasteiger partial charge < -0.3 is 10.6 Å². The molecule has 2 aliphatic rings. The first-order chi connectivity index (χ1) is 9.20. The summed E-state index contributed by atoms with van der Waals surface area (Å²) in [5, 5.41) is 7.26. The van der Waals surface area contributed by atoms with Crippen molar-refractivity contribution in [3.63, 3.8) is 0 Å². The Labute approximate surface area is 125 Å². The van der Waals surface area contributed by atoms with Crippen LogP contribution in [0.15, 0.2) is 0 Å². The molecule has 0 spiro atoms. The summed E-state index contributed by atoms with van der Waals surface area (Å²) >= 11 is 0. The van der Waals surface area contributed by atoms with Crippen molar-refractivity contribution in [3.05, 3.63) is 17.0 Å². The predicted octanol–water partition coefficient (Wildman–Crippen LogP) is 1.52. The molecule has 20 heavy (non-hydrogen) atoms. The lowest BCUT2D eigenvalue weighted by molar-refractivity contribution is 0.0566. The summed E-state index contributed by atoms with van der Waals surface area (Å²) in [6, 6.07) is 0.171. The third kappa shape index (κ3) is 2.56. The molecular weight excluding hydrogens is 276 g/mol. The average Bonchev–Trinajstić information content (AvgIpc) is 3.00. The second kappa shape index (κ2) is 6.14. The van der Waals surface area contributed by atoms with Crippen LogP contribution in [0.1, 0.15) is 47.9 Å². The molecule has 2 heterocycles. The molecule has 0 saturated carbocycles. The third-order valence-corrected chi connectivity index (χ3v) is 4.52. The van der Waals surface area contributed by atoms with E-state index in [1.54, 1.807) is 0 Å². The molecule has 2 unspecified atom stereocenters. The molecule has 5 nitrogen and oxygen atoms in total. The Balaban J connectivity index is 0.00000147. The average molecular weight is 299 g/mol. The van der Waals surface area contributed by atoms with Crippen LogP contribution < -0.4 is 5.73 Å². The van der Waals surface area contributed by atoms with Crippen molar-refractivity contribution in [3.8, 4) is 0 Å². The molecule has 1 aromatic heterocycles. The minimum Gasteiger partial charge on any atom is -0.333 e. The number of aromatic amines is 1. The Morgan fingerprint density at radius 2 is 2.30 bits per heavy atom. The molecule has 0 bridgehead atoms. The van der Waals surface area contributed by atoms with E-state index in [0.29, 0.717) is 18.2 Å². The summed E-state index contributed by atoms with van der Waals surface area (Å²) in [5.74, 6) is 0.726. The molecule has 3 N–H and O–H groups in total. The minimum absolute atomic E-state index is 0. The molecule has 112 valence electrons. The van der Waals surface area contributed by atoms with Crippen LogP contribution in [-0.4, -0.2) is 40.1 Å². The SMILES string of the molecule is CC1CCN(C(=O)c2n[nH]c3c2CCC3)C(CN)C1.Cl. The molecule has 3 rings (SSSR count). The molecule has 1 fully saturated rings. The number of amides is 1. The summed E-state index contributed by atoms with van der Waals surface area (Å²) in [6.07, 6.45) is 5.20. The topological polar surface area (TPSA) is 75.0 Å². The number of hydrogen-bond donors (Lipinski definition) is 2. The van der Waals surface area contributed by atoms with Crippen LogP contribution in [0.25, 0.3) is 0 Å². The second-order valence-electron chi connectivity index (χ2n) is 5.90. The number of H-pyrrole nitrogens is 1. The zero-order valence-corrected chi connectivity index (χ0v) is 12.7. The van der Waals surface area contributed by atoms with E-state index in [0.717, 1.165) is 49.9 Å². The van der Waals surface area contributed by atoms with Crippen LogP contribution in [0.2, 0.25) is 0 Å². The Morgan fingerprint density at radius 1 is 1.50 bits per heavy atom. The Bertz CT molecular complexity index is 488. The van der Waals surface area contributed by atoms with Gasteiger partial charge in [-0.15, -0.1) is 12.4 Å². The maximum Gasteiger partial charge on any atom is 0.274 e. The first-order valence-corrected chi connectivity index (χ1v) is 7.28. The highest BCUT2D eigenvalue weighted by atomic mass is 35.5. The number of nitrogens with two attached hydrogens (primary N) is 1. The van der Waals surface area contributed by atoms with E-state index in [1.165, 1.54) is 0 Å². The monoisotopic (exact) mass is 298 g/mol. The van der Waals surface area contributed by atoms with Gasteiger partial charge in [0.25, 0.3) is 5.91 Å². The Kier molecular flexibility index (Phi) is 4.70. The number of aryl methyl sites for hydroxylation is 1. The van der Waals surface area contributed by atoms with Crippen molar-refractivity contribution < 1.29 is 4.79 Å². The molecule has 1 amide bonds. The van der Waals surface area contributed by atoms with Gasteiger partial charge in [-0.1, -0.05) is 6.92 Å². The normalized spacial score (nSPS) is 25.2. The van der Waals surface area contributed by atoms with Crippen molar-refractivity contribution in [1.82, 2.24) is 15.1 Å². The fourth-order valence-electron chi connectivity index (χ4n) is 3.37. The smallest absolute Gasteiger partial charge is 0.274 e. The molecule has 0 radical (unpaired) electrons. The zero-order chi connectivity index (χ0) is 13.4. The first kappa shape index (κ1) is 15.3. The number of piperidine rings is 1. The van der Waals surface area contributed by atoms with E-state index in [4.69, 9.17) is 5.73 Å². The molecule has 6 heteroatoms. The van der Waals surface area contributed by atoms with Gasteiger partial charge in [0.2, 0.25) is 0 Å². The number of nitrogens with one attached hydrogen (secondary N) is 1. The van der Waals surface area contributed by atoms with Crippen molar-refractivity contribution in [2.24, 2.45) is 11.7 Å². The van der Waals surface area contributed by atoms with Crippen LogP contribution in [0.4, 0.5) is 0 Å². The maximum atomic E-state index is 12.7. The number of nitrogens with zero attached hydrogens (tertiary/aromatic N) is 2. The number of carbonyl (C=O) groups is 1. The van der Waals surface area contributed by atoms with Gasteiger partial charge in [-0.2, -0.15) is 5.10 Å². The summed E-state index contributed by atoms with van der Waals surface area (Å²) in [5.41, 5.74) is 8.77. The molecule has 0 aromatic carbocycles. The highest BCUT2D eigenvalue weighted by molar-refractivity contribution is 5.94. The summed E-state index contributed by atoms with van der Waals surface area (Å²) in [4.78, 5) is 14.6. The fourth-order valence-corrected chi connectivity index (χ4v) is 3.37. The lowest BCUT2D eigenvalue weighted by Crippen LogP contribution is -2.49. The quantitative estimate of drug-likeness (QED) is 0.869. The van der Waals surface area contributed by atoms with E-state index in [2.05, 4.69) is 17.1 Å². The second-order valence-corrected chi connectivity index (χ2v) is 5.90. The number of hydrogen-bond acceptors (Lipinski definition) is 3. The molecule has 1 aromatic rings. The lowest BCUT2D eigenvalue weighted by Gasteiger charge is -2.37. The van der Waals surface area contributed by atoms with Crippen molar-refractivity contribution >= 4 is 18.3 Å². The van der Waals surface area contributed by atoms with Gasteiger partial charge >= 0.3 is 0 Å². The summed E-state index contributed by atoms with van der Waals surface area (Å²) in [7, 11) is 0. The Hall–Kier alpha value is -1.07. The lowest BCUT2D eigenvalue weighted by atomic mass is 9.92. The Morgan fingerprint density at radius 3 is 3.05 bits per heavy atom. The number of likely N-dealkylation sites (tertiary alicyclic amines) is 1. The predicted molar refractivity (Wildman–Crippen MR) is 80.1 cm³/mol. The number of halogens is 1. The number of aromatic nitrogens is 2. The van der Waals surface area contributed by atoms with Crippen molar-refractivity contribution in [2.45, 2.75) is 45.1 Å². The minimum atomic E-state index is 0. The molecule has 2 atom stereocenters. The number of fused-ring (bicyclic) bond motifs is 1. The maximum absolute atomic E-state index is 12.7. The largest absolute Gasteiger partial charge is 0.333 e. The van der Waals surface area contributed by atoms with Crippen LogP contribution in [0, 0.1) is 5.92 Å². The molecule has 1 aliphatic heterocycles. The number of carbonyl (C=O) groups excluding carboxylic acids is 1. The van der Waals surface area contributed by atoms with Crippen LogP contribution >= 0.6 is 12.4 Å². The van der Waals surface area contributed by atoms with Gasteiger partial charge in [-0.05, 0) is 38.0 Å².